The minimum atomic E-state index is -0.372. The highest BCUT2D eigenvalue weighted by molar-refractivity contribution is 5.82. The SMILES string of the molecule is CNCCC1CCN(c2ccc3cc([N+](=O)[O-])ccc3n2)CC1. The van der Waals surface area contributed by atoms with Gasteiger partial charge in [-0.05, 0) is 57.0 Å². The minimum Gasteiger partial charge on any atom is -0.357 e. The molecule has 0 unspecified atom stereocenters. The first-order valence-electron chi connectivity index (χ1n) is 8.12. The predicted octanol–water partition coefficient (Wildman–Crippen LogP) is 2.97. The zero-order valence-electron chi connectivity index (χ0n) is 13.4. The Labute approximate surface area is 135 Å². The second-order valence-electron chi connectivity index (χ2n) is 6.13. The third-order valence-electron chi connectivity index (χ3n) is 4.61. The highest BCUT2D eigenvalue weighted by atomic mass is 16.6. The molecule has 0 bridgehead atoms. The average Bonchev–Trinajstić information content (AvgIpc) is 2.59. The molecule has 2 aromatic rings. The van der Waals surface area contributed by atoms with E-state index in [2.05, 4.69) is 15.2 Å². The summed E-state index contributed by atoms with van der Waals surface area (Å²) in [6, 6.07) is 8.73. The van der Waals surface area contributed by atoms with Gasteiger partial charge in [-0.1, -0.05) is 0 Å². The Balaban J connectivity index is 1.71. The van der Waals surface area contributed by atoms with Crippen LogP contribution in [0.4, 0.5) is 11.5 Å². The van der Waals surface area contributed by atoms with Gasteiger partial charge in [0.1, 0.15) is 5.82 Å². The Kier molecular flexibility index (Phi) is 4.71. The molecule has 2 heterocycles. The summed E-state index contributed by atoms with van der Waals surface area (Å²) in [6.45, 7) is 3.14. The van der Waals surface area contributed by atoms with E-state index in [0.717, 1.165) is 42.3 Å². The smallest absolute Gasteiger partial charge is 0.270 e. The lowest BCUT2D eigenvalue weighted by Gasteiger charge is -2.33. The Morgan fingerprint density at radius 2 is 2.09 bits per heavy atom. The normalized spacial score (nSPS) is 16.0. The van der Waals surface area contributed by atoms with Gasteiger partial charge in [-0.15, -0.1) is 0 Å². The summed E-state index contributed by atoms with van der Waals surface area (Å²) in [6.07, 6.45) is 3.63. The zero-order chi connectivity index (χ0) is 16.2. The van der Waals surface area contributed by atoms with Gasteiger partial charge in [-0.2, -0.15) is 0 Å². The van der Waals surface area contributed by atoms with Gasteiger partial charge in [-0.25, -0.2) is 4.98 Å². The number of nitro benzene ring substituents is 1. The Bertz CT molecular complexity index is 696. The van der Waals surface area contributed by atoms with Crippen molar-refractivity contribution in [3.63, 3.8) is 0 Å². The minimum absolute atomic E-state index is 0.109. The van der Waals surface area contributed by atoms with Crippen LogP contribution in [-0.4, -0.2) is 36.6 Å². The van der Waals surface area contributed by atoms with Crippen molar-refractivity contribution in [2.24, 2.45) is 5.92 Å². The molecule has 1 N–H and O–H groups in total. The number of fused-ring (bicyclic) bond motifs is 1. The van der Waals surface area contributed by atoms with E-state index >= 15 is 0 Å². The van der Waals surface area contributed by atoms with Gasteiger partial charge in [0, 0.05) is 30.6 Å². The quantitative estimate of drug-likeness (QED) is 0.678. The van der Waals surface area contributed by atoms with Gasteiger partial charge < -0.3 is 10.2 Å². The van der Waals surface area contributed by atoms with Crippen molar-refractivity contribution < 1.29 is 4.92 Å². The van der Waals surface area contributed by atoms with Crippen LogP contribution in [0.25, 0.3) is 10.9 Å². The number of non-ortho nitro benzene ring substituents is 1. The van der Waals surface area contributed by atoms with E-state index in [1.165, 1.54) is 25.3 Å². The van der Waals surface area contributed by atoms with E-state index in [4.69, 9.17) is 0 Å². The number of aromatic nitrogens is 1. The Hall–Kier alpha value is -2.21. The van der Waals surface area contributed by atoms with E-state index in [-0.39, 0.29) is 10.6 Å². The number of hydrogen-bond acceptors (Lipinski definition) is 5. The molecule has 0 atom stereocenters. The average molecular weight is 314 g/mol. The van der Waals surface area contributed by atoms with Gasteiger partial charge in [0.2, 0.25) is 0 Å². The highest BCUT2D eigenvalue weighted by Crippen LogP contribution is 2.26. The van der Waals surface area contributed by atoms with Gasteiger partial charge in [0.15, 0.2) is 0 Å². The fourth-order valence-electron chi connectivity index (χ4n) is 3.19. The molecule has 1 aliphatic rings. The van der Waals surface area contributed by atoms with E-state index in [1.54, 1.807) is 12.1 Å². The summed E-state index contributed by atoms with van der Waals surface area (Å²) in [5.74, 6) is 1.76. The maximum Gasteiger partial charge on any atom is 0.270 e. The number of pyridine rings is 1. The lowest BCUT2D eigenvalue weighted by Crippen LogP contribution is -2.35. The number of hydrogen-bond donors (Lipinski definition) is 1. The van der Waals surface area contributed by atoms with Gasteiger partial charge in [0.05, 0.1) is 10.4 Å². The maximum absolute atomic E-state index is 10.8. The number of nitrogens with zero attached hydrogens (tertiary/aromatic N) is 3. The van der Waals surface area contributed by atoms with Crippen LogP contribution in [0.3, 0.4) is 0 Å². The standard InChI is InChI=1S/C17H22N4O2/c1-18-9-6-13-7-10-20(11-8-13)17-5-2-14-12-15(21(22)23)3-4-16(14)19-17/h2-5,12-13,18H,6-11H2,1H3. The van der Waals surface area contributed by atoms with E-state index in [0.29, 0.717) is 0 Å². The van der Waals surface area contributed by atoms with Crippen molar-refractivity contribution in [1.29, 1.82) is 0 Å². The molecule has 1 fully saturated rings. The number of nitrogens with one attached hydrogen (secondary N) is 1. The van der Waals surface area contributed by atoms with Gasteiger partial charge in [-0.3, -0.25) is 10.1 Å². The first-order valence-corrected chi connectivity index (χ1v) is 8.12. The summed E-state index contributed by atoms with van der Waals surface area (Å²) >= 11 is 0. The van der Waals surface area contributed by atoms with Crippen LogP contribution in [0.15, 0.2) is 30.3 Å². The molecule has 0 spiro atoms. The van der Waals surface area contributed by atoms with E-state index in [1.807, 2.05) is 19.2 Å². The molecule has 1 aromatic carbocycles. The largest absolute Gasteiger partial charge is 0.357 e. The first kappa shape index (κ1) is 15.7. The molecule has 0 aliphatic carbocycles. The lowest BCUT2D eigenvalue weighted by atomic mass is 9.93. The summed E-state index contributed by atoms with van der Waals surface area (Å²) in [7, 11) is 2.00. The van der Waals surface area contributed by atoms with Crippen LogP contribution in [0.1, 0.15) is 19.3 Å². The Morgan fingerprint density at radius 1 is 1.30 bits per heavy atom. The number of anilines is 1. The molecule has 1 aliphatic heterocycles. The van der Waals surface area contributed by atoms with Crippen LogP contribution in [0, 0.1) is 16.0 Å². The number of rotatable bonds is 5. The molecule has 0 saturated carbocycles. The summed E-state index contributed by atoms with van der Waals surface area (Å²) in [4.78, 5) is 17.5. The summed E-state index contributed by atoms with van der Waals surface area (Å²) in [5, 5.41) is 14.9. The molecule has 6 nitrogen and oxygen atoms in total. The van der Waals surface area contributed by atoms with Crippen molar-refractivity contribution in [1.82, 2.24) is 10.3 Å². The molecule has 23 heavy (non-hydrogen) atoms. The topological polar surface area (TPSA) is 71.3 Å². The van der Waals surface area contributed by atoms with Crippen molar-refractivity contribution >= 4 is 22.4 Å². The molecule has 122 valence electrons. The first-order chi connectivity index (χ1) is 11.2. The van der Waals surface area contributed by atoms with Crippen molar-refractivity contribution in [3.05, 3.63) is 40.4 Å². The molecule has 1 aromatic heterocycles. The van der Waals surface area contributed by atoms with Gasteiger partial charge in [0.25, 0.3) is 5.69 Å². The third-order valence-corrected chi connectivity index (χ3v) is 4.61. The number of benzene rings is 1. The monoisotopic (exact) mass is 314 g/mol. The van der Waals surface area contributed by atoms with Crippen molar-refractivity contribution in [3.8, 4) is 0 Å². The van der Waals surface area contributed by atoms with Crippen molar-refractivity contribution in [2.75, 3.05) is 31.6 Å². The van der Waals surface area contributed by atoms with E-state index < -0.39 is 0 Å². The number of nitro groups is 1. The predicted molar refractivity (Wildman–Crippen MR) is 91.9 cm³/mol. The lowest BCUT2D eigenvalue weighted by molar-refractivity contribution is -0.384. The van der Waals surface area contributed by atoms with Crippen LogP contribution in [0.5, 0.6) is 0 Å². The summed E-state index contributed by atoms with van der Waals surface area (Å²) in [5.41, 5.74) is 0.919. The van der Waals surface area contributed by atoms with E-state index in [9.17, 15) is 10.1 Å². The molecule has 3 rings (SSSR count). The molecular weight excluding hydrogens is 292 g/mol. The summed E-state index contributed by atoms with van der Waals surface area (Å²) < 4.78 is 0. The second kappa shape index (κ2) is 6.91. The Morgan fingerprint density at radius 3 is 2.78 bits per heavy atom. The molecule has 6 heteroatoms. The maximum atomic E-state index is 10.8. The number of piperidine rings is 1. The molecule has 1 saturated heterocycles. The fraction of sp³-hybridized carbons (Fsp3) is 0.471. The molecular formula is C17H22N4O2. The second-order valence-corrected chi connectivity index (χ2v) is 6.13. The van der Waals surface area contributed by atoms with Crippen LogP contribution in [-0.2, 0) is 0 Å². The van der Waals surface area contributed by atoms with Gasteiger partial charge >= 0.3 is 0 Å². The van der Waals surface area contributed by atoms with Crippen molar-refractivity contribution in [2.45, 2.75) is 19.3 Å². The molecule has 0 radical (unpaired) electrons. The van der Waals surface area contributed by atoms with Crippen LogP contribution < -0.4 is 10.2 Å². The zero-order valence-corrected chi connectivity index (χ0v) is 13.4. The van der Waals surface area contributed by atoms with Crippen LogP contribution >= 0.6 is 0 Å². The molecule has 0 amide bonds. The fourth-order valence-corrected chi connectivity index (χ4v) is 3.19. The highest BCUT2D eigenvalue weighted by Gasteiger charge is 2.20. The van der Waals surface area contributed by atoms with Crippen LogP contribution in [0.2, 0.25) is 0 Å². The third kappa shape index (κ3) is 3.59.